The first-order chi connectivity index (χ1) is 8.65. The van der Waals surface area contributed by atoms with Crippen LogP contribution in [-0.4, -0.2) is 16.6 Å². The molecule has 2 N–H and O–H groups in total. The zero-order valence-corrected chi connectivity index (χ0v) is 9.73. The number of alkyl halides is 5. The number of carbonyl (C=O) groups excluding carboxylic acids is 1. The molecule has 0 aliphatic carbocycles. The number of aromatic nitrogens is 1. The Bertz CT molecular complexity index is 492. The van der Waals surface area contributed by atoms with Crippen LogP contribution in [-0.2, 0) is 6.54 Å². The molecule has 1 aromatic heterocycles. The SMILES string of the molecule is NCc1cc(C(F)F)c(OC(F)(F)F)c(C(=O)Cl)n1. The zero-order valence-electron chi connectivity index (χ0n) is 8.97. The van der Waals surface area contributed by atoms with E-state index in [-0.39, 0.29) is 12.2 Å². The molecule has 4 nitrogen and oxygen atoms in total. The number of hydrogen-bond donors (Lipinski definition) is 1. The third-order valence-corrected chi connectivity index (χ3v) is 2.08. The fourth-order valence-corrected chi connectivity index (χ4v) is 1.36. The quantitative estimate of drug-likeness (QED) is 0.686. The number of nitrogens with two attached hydrogens (primary N) is 1. The van der Waals surface area contributed by atoms with Gasteiger partial charge in [0.25, 0.3) is 11.7 Å². The van der Waals surface area contributed by atoms with E-state index < -0.39 is 35.0 Å². The van der Waals surface area contributed by atoms with E-state index in [1.807, 2.05) is 0 Å². The van der Waals surface area contributed by atoms with E-state index in [1.165, 1.54) is 0 Å². The summed E-state index contributed by atoms with van der Waals surface area (Å²) in [5.41, 5.74) is 2.71. The molecule has 1 heterocycles. The number of nitrogens with zero attached hydrogens (tertiary/aromatic N) is 1. The fourth-order valence-electron chi connectivity index (χ4n) is 1.23. The maximum atomic E-state index is 12.7. The summed E-state index contributed by atoms with van der Waals surface area (Å²) in [6, 6.07) is 0.620. The molecular weight excluding hydrogens is 299 g/mol. The van der Waals surface area contributed by atoms with Crippen molar-refractivity contribution in [2.45, 2.75) is 19.3 Å². The van der Waals surface area contributed by atoms with Gasteiger partial charge in [-0.1, -0.05) is 0 Å². The molecule has 0 amide bonds. The number of ether oxygens (including phenoxy) is 1. The van der Waals surface area contributed by atoms with Crippen molar-refractivity contribution in [3.63, 3.8) is 0 Å². The lowest BCUT2D eigenvalue weighted by Gasteiger charge is -2.15. The van der Waals surface area contributed by atoms with E-state index in [2.05, 4.69) is 9.72 Å². The average molecular weight is 305 g/mol. The first kappa shape index (κ1) is 15.6. The largest absolute Gasteiger partial charge is 0.573 e. The zero-order chi connectivity index (χ0) is 14.8. The third kappa shape index (κ3) is 4.00. The van der Waals surface area contributed by atoms with Crippen LogP contribution in [0.5, 0.6) is 5.75 Å². The van der Waals surface area contributed by atoms with Gasteiger partial charge in [0.1, 0.15) is 0 Å². The van der Waals surface area contributed by atoms with Crippen LogP contribution in [0.3, 0.4) is 0 Å². The van der Waals surface area contributed by atoms with Gasteiger partial charge in [0.15, 0.2) is 11.4 Å². The fraction of sp³-hybridized carbons (Fsp3) is 0.333. The highest BCUT2D eigenvalue weighted by Crippen LogP contribution is 2.36. The van der Waals surface area contributed by atoms with E-state index in [0.29, 0.717) is 6.07 Å². The predicted molar refractivity (Wildman–Crippen MR) is 54.0 cm³/mol. The summed E-state index contributed by atoms with van der Waals surface area (Å²) in [4.78, 5) is 14.3. The van der Waals surface area contributed by atoms with Gasteiger partial charge in [-0.05, 0) is 17.7 Å². The topological polar surface area (TPSA) is 65.2 Å². The first-order valence-electron chi connectivity index (χ1n) is 4.63. The predicted octanol–water partition coefficient (Wildman–Crippen LogP) is 2.76. The smallest absolute Gasteiger partial charge is 0.403 e. The summed E-state index contributed by atoms with van der Waals surface area (Å²) in [6.45, 7) is -0.358. The van der Waals surface area contributed by atoms with Crippen molar-refractivity contribution < 1.29 is 31.5 Å². The number of hydrogen-bond acceptors (Lipinski definition) is 4. The van der Waals surface area contributed by atoms with Crippen LogP contribution in [0, 0.1) is 0 Å². The molecule has 0 saturated heterocycles. The average Bonchev–Trinajstić information content (AvgIpc) is 2.26. The highest BCUT2D eigenvalue weighted by molar-refractivity contribution is 6.67. The van der Waals surface area contributed by atoms with Gasteiger partial charge in [-0.3, -0.25) is 4.79 Å². The first-order valence-corrected chi connectivity index (χ1v) is 5.01. The maximum Gasteiger partial charge on any atom is 0.573 e. The molecule has 0 atom stereocenters. The molecule has 1 aromatic rings. The van der Waals surface area contributed by atoms with Gasteiger partial charge in [-0.25, -0.2) is 13.8 Å². The number of carbonyl (C=O) groups is 1. The molecule has 0 radical (unpaired) electrons. The lowest BCUT2D eigenvalue weighted by Crippen LogP contribution is -2.21. The molecule has 0 bridgehead atoms. The molecule has 19 heavy (non-hydrogen) atoms. The number of rotatable bonds is 4. The molecule has 0 spiro atoms. The van der Waals surface area contributed by atoms with Gasteiger partial charge in [0, 0.05) is 6.54 Å². The van der Waals surface area contributed by atoms with E-state index in [1.54, 1.807) is 0 Å². The Morgan fingerprint density at radius 2 is 2.05 bits per heavy atom. The number of pyridine rings is 1. The summed E-state index contributed by atoms with van der Waals surface area (Å²) in [7, 11) is 0. The molecule has 0 aliphatic heterocycles. The second-order valence-corrected chi connectivity index (χ2v) is 3.55. The Labute approximate surface area is 108 Å². The monoisotopic (exact) mass is 304 g/mol. The normalized spacial score (nSPS) is 11.8. The van der Waals surface area contributed by atoms with Gasteiger partial charge in [0.05, 0.1) is 11.3 Å². The summed E-state index contributed by atoms with van der Waals surface area (Å²) < 4.78 is 65.2. The minimum atomic E-state index is -5.27. The standard InChI is InChI=1S/C9H6ClF5N2O2/c10-7(18)5-6(19-9(13,14)15)4(8(11)12)1-3(2-16)17-5/h1,8H,2,16H2. The third-order valence-electron chi connectivity index (χ3n) is 1.90. The van der Waals surface area contributed by atoms with Gasteiger partial charge in [-0.2, -0.15) is 0 Å². The van der Waals surface area contributed by atoms with Crippen LogP contribution in [0.2, 0.25) is 0 Å². The molecule has 0 aromatic carbocycles. The van der Waals surface area contributed by atoms with Crippen LogP contribution in [0.4, 0.5) is 22.0 Å². The van der Waals surface area contributed by atoms with Crippen LogP contribution >= 0.6 is 11.6 Å². The van der Waals surface area contributed by atoms with Gasteiger partial charge >= 0.3 is 6.36 Å². The van der Waals surface area contributed by atoms with Crippen molar-refractivity contribution in [2.75, 3.05) is 0 Å². The Morgan fingerprint density at radius 3 is 2.42 bits per heavy atom. The highest BCUT2D eigenvalue weighted by Gasteiger charge is 2.36. The minimum absolute atomic E-state index is 0.214. The number of halogens is 6. The van der Waals surface area contributed by atoms with Crippen LogP contribution in [0.15, 0.2) is 6.07 Å². The van der Waals surface area contributed by atoms with Crippen molar-refractivity contribution in [3.8, 4) is 5.75 Å². The Balaban J connectivity index is 3.49. The Hall–Kier alpha value is -1.48. The van der Waals surface area contributed by atoms with Gasteiger partial charge in [0.2, 0.25) is 0 Å². The van der Waals surface area contributed by atoms with Gasteiger partial charge < -0.3 is 10.5 Å². The van der Waals surface area contributed by atoms with Crippen LogP contribution < -0.4 is 10.5 Å². The van der Waals surface area contributed by atoms with Crippen molar-refractivity contribution in [1.29, 1.82) is 0 Å². The summed E-state index contributed by atoms with van der Waals surface area (Å²) in [5, 5.41) is -1.46. The Morgan fingerprint density at radius 1 is 1.47 bits per heavy atom. The summed E-state index contributed by atoms with van der Waals surface area (Å²) in [5.74, 6) is -1.42. The van der Waals surface area contributed by atoms with E-state index >= 15 is 0 Å². The van der Waals surface area contributed by atoms with Crippen molar-refractivity contribution in [3.05, 3.63) is 23.0 Å². The van der Waals surface area contributed by atoms with Crippen LogP contribution in [0.1, 0.15) is 28.2 Å². The molecule has 0 saturated carbocycles. The second kappa shape index (κ2) is 5.66. The van der Waals surface area contributed by atoms with Crippen LogP contribution in [0.25, 0.3) is 0 Å². The Kier molecular flexibility index (Phi) is 4.64. The molecule has 0 aliphatic rings. The van der Waals surface area contributed by atoms with E-state index in [4.69, 9.17) is 17.3 Å². The molecule has 0 unspecified atom stereocenters. The lowest BCUT2D eigenvalue weighted by atomic mass is 10.1. The molecule has 0 fully saturated rings. The van der Waals surface area contributed by atoms with Crippen molar-refractivity contribution in [1.82, 2.24) is 4.98 Å². The highest BCUT2D eigenvalue weighted by atomic mass is 35.5. The maximum absolute atomic E-state index is 12.7. The molecule has 10 heteroatoms. The van der Waals surface area contributed by atoms with Crippen molar-refractivity contribution in [2.24, 2.45) is 5.73 Å². The minimum Gasteiger partial charge on any atom is -0.403 e. The van der Waals surface area contributed by atoms with E-state index in [0.717, 1.165) is 0 Å². The van der Waals surface area contributed by atoms with E-state index in [9.17, 15) is 26.7 Å². The summed E-state index contributed by atoms with van der Waals surface area (Å²) in [6.07, 6.45) is -8.59. The van der Waals surface area contributed by atoms with Gasteiger partial charge in [-0.15, -0.1) is 13.2 Å². The van der Waals surface area contributed by atoms with Crippen molar-refractivity contribution >= 4 is 16.8 Å². The molecular formula is C9H6ClF5N2O2. The molecule has 1 rings (SSSR count). The second-order valence-electron chi connectivity index (χ2n) is 3.21. The summed E-state index contributed by atoms with van der Waals surface area (Å²) >= 11 is 5.01. The molecule has 106 valence electrons. The lowest BCUT2D eigenvalue weighted by molar-refractivity contribution is -0.275.